The minimum absolute atomic E-state index is 0.106. The highest BCUT2D eigenvalue weighted by atomic mass is 32.1. The summed E-state index contributed by atoms with van der Waals surface area (Å²) in [4.78, 5) is 14.9. The average Bonchev–Trinajstić information content (AvgIpc) is 2.75. The third-order valence-corrected chi connectivity index (χ3v) is 3.83. The smallest absolute Gasteiger partial charge is 0.355 e. The Morgan fingerprint density at radius 2 is 2.38 bits per heavy atom. The maximum Gasteiger partial charge on any atom is 0.355 e. The van der Waals surface area contributed by atoms with E-state index in [4.69, 9.17) is 5.11 Å². The van der Waals surface area contributed by atoms with Gasteiger partial charge in [0, 0.05) is 5.38 Å². The van der Waals surface area contributed by atoms with Crippen LogP contribution < -0.4 is 0 Å². The Hall–Kier alpha value is -1.76. The predicted molar refractivity (Wildman–Crippen MR) is 55.5 cm³/mol. The van der Waals surface area contributed by atoms with Gasteiger partial charge in [-0.25, -0.2) is 9.78 Å². The highest BCUT2D eigenvalue weighted by molar-refractivity contribution is 7.10. The fourth-order valence-corrected chi connectivity index (χ4v) is 2.79. The monoisotopic (exact) mass is 236 g/mol. The van der Waals surface area contributed by atoms with Gasteiger partial charge in [0.1, 0.15) is 5.01 Å². The fourth-order valence-electron chi connectivity index (χ4n) is 1.73. The summed E-state index contributed by atoms with van der Waals surface area (Å²) in [5.74, 6) is -0.988. The number of aromatic amines is 1. The molecule has 7 heteroatoms. The zero-order chi connectivity index (χ0) is 11.2. The molecular weight excluding hydrogens is 228 g/mol. The number of nitrogens with zero attached hydrogens (tertiary/aromatic N) is 3. The SMILES string of the molecule is O=C(O)c1csc(C2(c3cn[nH]n3)CC2)n1. The van der Waals surface area contributed by atoms with Gasteiger partial charge < -0.3 is 5.11 Å². The minimum atomic E-state index is -0.988. The zero-order valence-corrected chi connectivity index (χ0v) is 8.99. The number of carboxylic acid groups (broad SMARTS) is 1. The molecule has 2 N–H and O–H groups in total. The second-order valence-corrected chi connectivity index (χ2v) is 4.64. The highest BCUT2D eigenvalue weighted by Gasteiger charge is 2.50. The Kier molecular flexibility index (Phi) is 1.84. The van der Waals surface area contributed by atoms with Crippen LogP contribution in [0.1, 0.15) is 34.0 Å². The Morgan fingerprint density at radius 3 is 2.88 bits per heavy atom. The Morgan fingerprint density at radius 1 is 1.56 bits per heavy atom. The van der Waals surface area contributed by atoms with Crippen LogP contribution in [0.2, 0.25) is 0 Å². The molecule has 1 aliphatic carbocycles. The number of rotatable bonds is 3. The number of nitrogens with one attached hydrogen (secondary N) is 1. The van der Waals surface area contributed by atoms with Crippen molar-refractivity contribution in [3.63, 3.8) is 0 Å². The summed E-state index contributed by atoms with van der Waals surface area (Å²) in [5.41, 5.74) is 0.763. The molecule has 2 aromatic heterocycles. The van der Waals surface area contributed by atoms with Gasteiger partial charge in [0.2, 0.25) is 0 Å². The van der Waals surface area contributed by atoms with Crippen LogP contribution in [-0.2, 0) is 5.41 Å². The maximum absolute atomic E-state index is 10.8. The first-order valence-electron chi connectivity index (χ1n) is 4.78. The molecular formula is C9H8N4O2S. The van der Waals surface area contributed by atoms with Gasteiger partial charge in [0.05, 0.1) is 17.3 Å². The van der Waals surface area contributed by atoms with Crippen molar-refractivity contribution in [1.82, 2.24) is 20.4 Å². The summed E-state index contributed by atoms with van der Waals surface area (Å²) in [6.07, 6.45) is 3.58. The van der Waals surface area contributed by atoms with Crippen molar-refractivity contribution < 1.29 is 9.90 Å². The summed E-state index contributed by atoms with van der Waals surface area (Å²) in [6, 6.07) is 0. The largest absolute Gasteiger partial charge is 0.476 e. The predicted octanol–water partition coefficient (Wildman–Crippen LogP) is 1.04. The van der Waals surface area contributed by atoms with Crippen molar-refractivity contribution in [2.75, 3.05) is 0 Å². The number of carbonyl (C=O) groups is 1. The molecule has 1 fully saturated rings. The lowest BCUT2D eigenvalue weighted by Gasteiger charge is -2.06. The van der Waals surface area contributed by atoms with E-state index >= 15 is 0 Å². The van der Waals surface area contributed by atoms with Gasteiger partial charge in [0.25, 0.3) is 0 Å². The van der Waals surface area contributed by atoms with Crippen molar-refractivity contribution in [3.8, 4) is 0 Å². The molecule has 0 saturated heterocycles. The van der Waals surface area contributed by atoms with Gasteiger partial charge in [0.15, 0.2) is 5.69 Å². The first kappa shape index (κ1) is 9.46. The van der Waals surface area contributed by atoms with E-state index in [1.54, 1.807) is 11.6 Å². The summed E-state index contributed by atoms with van der Waals surface area (Å²) in [5, 5.41) is 21.6. The number of aromatic nitrogens is 4. The van der Waals surface area contributed by atoms with Crippen LogP contribution in [0.4, 0.5) is 0 Å². The van der Waals surface area contributed by atoms with Gasteiger partial charge >= 0.3 is 5.97 Å². The van der Waals surface area contributed by atoms with Crippen molar-refractivity contribution in [2.45, 2.75) is 18.3 Å². The molecule has 6 nitrogen and oxygen atoms in total. The van der Waals surface area contributed by atoms with Gasteiger partial charge in [-0.2, -0.15) is 15.4 Å². The average molecular weight is 236 g/mol. The lowest BCUT2D eigenvalue weighted by Crippen LogP contribution is -2.09. The molecule has 3 rings (SSSR count). The molecule has 1 saturated carbocycles. The molecule has 16 heavy (non-hydrogen) atoms. The Labute approximate surface area is 94.3 Å². The summed E-state index contributed by atoms with van der Waals surface area (Å²) in [6.45, 7) is 0. The topological polar surface area (TPSA) is 91.8 Å². The van der Waals surface area contributed by atoms with Crippen LogP contribution in [0, 0.1) is 0 Å². The van der Waals surface area contributed by atoms with Gasteiger partial charge in [-0.1, -0.05) is 0 Å². The summed E-state index contributed by atoms with van der Waals surface area (Å²) in [7, 11) is 0. The van der Waals surface area contributed by atoms with E-state index in [0.717, 1.165) is 23.5 Å². The van der Waals surface area contributed by atoms with Crippen LogP contribution >= 0.6 is 11.3 Å². The molecule has 0 aromatic carbocycles. The standard InChI is InChI=1S/C9H8N4O2S/c14-7(15)5-4-16-8(11-5)9(1-2-9)6-3-10-13-12-6/h3-4H,1-2H2,(H,14,15)(H,10,12,13). The second-order valence-electron chi connectivity index (χ2n) is 3.78. The van der Waals surface area contributed by atoms with Crippen molar-refractivity contribution >= 4 is 17.3 Å². The van der Waals surface area contributed by atoms with Crippen LogP contribution in [0.25, 0.3) is 0 Å². The first-order chi connectivity index (χ1) is 7.72. The highest BCUT2D eigenvalue weighted by Crippen LogP contribution is 2.53. The summed E-state index contributed by atoms with van der Waals surface area (Å²) < 4.78 is 0. The molecule has 0 unspecified atom stereocenters. The number of aromatic carboxylic acids is 1. The lowest BCUT2D eigenvalue weighted by atomic mass is 10.1. The molecule has 0 amide bonds. The van der Waals surface area contributed by atoms with E-state index in [1.165, 1.54) is 11.3 Å². The molecule has 2 aromatic rings. The molecule has 0 aliphatic heterocycles. The Bertz CT molecular complexity index is 529. The van der Waals surface area contributed by atoms with E-state index in [1.807, 2.05) is 0 Å². The molecule has 1 aliphatic rings. The fraction of sp³-hybridized carbons (Fsp3) is 0.333. The lowest BCUT2D eigenvalue weighted by molar-refractivity contribution is 0.0691. The third-order valence-electron chi connectivity index (χ3n) is 2.79. The normalized spacial score (nSPS) is 17.2. The van der Waals surface area contributed by atoms with Crippen molar-refractivity contribution in [3.05, 3.63) is 28.0 Å². The minimum Gasteiger partial charge on any atom is -0.476 e. The molecule has 0 bridgehead atoms. The van der Waals surface area contributed by atoms with Crippen LogP contribution in [0.3, 0.4) is 0 Å². The number of thiazole rings is 1. The Balaban J connectivity index is 2.00. The van der Waals surface area contributed by atoms with E-state index in [9.17, 15) is 4.79 Å². The van der Waals surface area contributed by atoms with Gasteiger partial charge in [-0.3, -0.25) is 0 Å². The second kappa shape index (κ2) is 3.11. The number of H-pyrrole nitrogens is 1. The van der Waals surface area contributed by atoms with Crippen molar-refractivity contribution in [2.24, 2.45) is 0 Å². The van der Waals surface area contributed by atoms with Crippen molar-refractivity contribution in [1.29, 1.82) is 0 Å². The van der Waals surface area contributed by atoms with E-state index < -0.39 is 5.97 Å². The maximum atomic E-state index is 10.8. The van der Waals surface area contributed by atoms with Crippen LogP contribution in [0.15, 0.2) is 11.6 Å². The molecule has 82 valence electrons. The van der Waals surface area contributed by atoms with E-state index in [0.29, 0.717) is 0 Å². The molecule has 0 radical (unpaired) electrons. The van der Waals surface area contributed by atoms with Crippen LogP contribution in [-0.4, -0.2) is 31.5 Å². The van der Waals surface area contributed by atoms with Gasteiger partial charge in [-0.05, 0) is 12.8 Å². The molecule has 2 heterocycles. The quantitative estimate of drug-likeness (QED) is 0.830. The zero-order valence-electron chi connectivity index (χ0n) is 8.17. The van der Waals surface area contributed by atoms with Crippen LogP contribution in [0.5, 0.6) is 0 Å². The van der Waals surface area contributed by atoms with E-state index in [2.05, 4.69) is 20.4 Å². The number of carboxylic acids is 1. The summed E-state index contributed by atoms with van der Waals surface area (Å²) >= 11 is 1.37. The third kappa shape index (κ3) is 1.25. The number of hydrogen-bond donors (Lipinski definition) is 2. The molecule has 0 atom stereocenters. The molecule has 0 spiro atoms. The first-order valence-corrected chi connectivity index (χ1v) is 5.66. The van der Waals surface area contributed by atoms with Gasteiger partial charge in [-0.15, -0.1) is 11.3 Å². The van der Waals surface area contributed by atoms with E-state index in [-0.39, 0.29) is 11.1 Å². The number of hydrogen-bond acceptors (Lipinski definition) is 5.